The number of amides is 1. The van der Waals surface area contributed by atoms with Crippen molar-refractivity contribution in [1.29, 1.82) is 0 Å². The normalized spacial score (nSPS) is 18.8. The number of fused-ring (bicyclic) bond motifs is 1. The third-order valence-electron chi connectivity index (χ3n) is 5.14. The van der Waals surface area contributed by atoms with Crippen molar-refractivity contribution in [3.63, 3.8) is 0 Å². The van der Waals surface area contributed by atoms with Crippen LogP contribution in [0.15, 0.2) is 30.5 Å². The number of para-hydroxylation sites is 1. The number of carbonyl (C=O) groups excluding carboxylic acids is 1. The van der Waals surface area contributed by atoms with Gasteiger partial charge < -0.3 is 16.0 Å². The maximum Gasteiger partial charge on any atom is 0.237 e. The summed E-state index contributed by atoms with van der Waals surface area (Å²) in [4.78, 5) is 15.6. The molecule has 0 radical (unpaired) electrons. The molecule has 5 heteroatoms. The molecule has 1 atom stereocenters. The number of halogens is 1. The van der Waals surface area contributed by atoms with E-state index in [2.05, 4.69) is 30.2 Å². The van der Waals surface area contributed by atoms with Crippen LogP contribution in [0.1, 0.15) is 45.1 Å². The highest BCUT2D eigenvalue weighted by Crippen LogP contribution is 2.35. The van der Waals surface area contributed by atoms with Gasteiger partial charge in [-0.05, 0) is 49.1 Å². The largest absolute Gasteiger partial charge is 0.361 e. The van der Waals surface area contributed by atoms with Gasteiger partial charge in [-0.25, -0.2) is 0 Å². The lowest BCUT2D eigenvalue weighted by Gasteiger charge is -2.35. The lowest BCUT2D eigenvalue weighted by molar-refractivity contribution is -0.123. The fourth-order valence-electron chi connectivity index (χ4n) is 3.48. The fourth-order valence-corrected chi connectivity index (χ4v) is 3.48. The van der Waals surface area contributed by atoms with Gasteiger partial charge in [0.15, 0.2) is 0 Å². The molecule has 1 aromatic carbocycles. The van der Waals surface area contributed by atoms with Gasteiger partial charge in [-0.1, -0.05) is 32.0 Å². The predicted octanol–water partition coefficient (Wildman–Crippen LogP) is 3.54. The Bertz CT molecular complexity index is 685. The summed E-state index contributed by atoms with van der Waals surface area (Å²) in [6, 6.07) is 7.90. The lowest BCUT2D eigenvalue weighted by Crippen LogP contribution is -2.47. The molecule has 1 heterocycles. The first kappa shape index (κ1) is 18.8. The first-order chi connectivity index (χ1) is 10.9. The summed E-state index contributed by atoms with van der Waals surface area (Å²) in [6.07, 6.45) is 6.96. The van der Waals surface area contributed by atoms with Crippen LogP contribution in [0.5, 0.6) is 0 Å². The summed E-state index contributed by atoms with van der Waals surface area (Å²) in [5.74, 6) is -0.0278. The molecule has 2 aromatic rings. The molecule has 1 saturated carbocycles. The Morgan fingerprint density at radius 1 is 1.33 bits per heavy atom. The maximum absolute atomic E-state index is 12.4. The van der Waals surface area contributed by atoms with Gasteiger partial charge in [0.25, 0.3) is 0 Å². The second-order valence-electron chi connectivity index (χ2n) is 7.62. The minimum absolute atomic E-state index is 0. The molecule has 0 unspecified atom stereocenters. The van der Waals surface area contributed by atoms with E-state index in [0.29, 0.717) is 11.8 Å². The van der Waals surface area contributed by atoms with Crippen molar-refractivity contribution in [2.45, 2.75) is 58.0 Å². The third-order valence-corrected chi connectivity index (χ3v) is 5.14. The van der Waals surface area contributed by atoms with Crippen LogP contribution in [0, 0.1) is 5.41 Å². The number of benzene rings is 1. The Morgan fingerprint density at radius 2 is 2.00 bits per heavy atom. The number of aromatic nitrogens is 1. The van der Waals surface area contributed by atoms with Crippen molar-refractivity contribution in [1.82, 2.24) is 10.3 Å². The van der Waals surface area contributed by atoms with E-state index in [1.807, 2.05) is 24.4 Å². The highest BCUT2D eigenvalue weighted by Gasteiger charge is 2.28. The molecule has 4 N–H and O–H groups in total. The third kappa shape index (κ3) is 4.31. The summed E-state index contributed by atoms with van der Waals surface area (Å²) in [5.41, 5.74) is 8.75. The first-order valence-corrected chi connectivity index (χ1v) is 8.55. The molecule has 24 heavy (non-hydrogen) atoms. The molecule has 1 fully saturated rings. The van der Waals surface area contributed by atoms with Gasteiger partial charge in [-0.3, -0.25) is 4.79 Å². The molecule has 1 aliphatic rings. The Kier molecular flexibility index (Phi) is 5.94. The topological polar surface area (TPSA) is 70.9 Å². The molecule has 1 amide bonds. The van der Waals surface area contributed by atoms with Crippen LogP contribution in [0.25, 0.3) is 10.9 Å². The first-order valence-electron chi connectivity index (χ1n) is 8.55. The Labute approximate surface area is 150 Å². The molecule has 0 bridgehead atoms. The molecule has 0 spiro atoms. The van der Waals surface area contributed by atoms with E-state index < -0.39 is 6.04 Å². The van der Waals surface area contributed by atoms with Gasteiger partial charge in [0, 0.05) is 23.1 Å². The van der Waals surface area contributed by atoms with E-state index in [1.54, 1.807) is 0 Å². The molecule has 0 saturated heterocycles. The summed E-state index contributed by atoms with van der Waals surface area (Å²) in [5, 5.41) is 4.29. The quantitative estimate of drug-likeness (QED) is 0.790. The zero-order valence-corrected chi connectivity index (χ0v) is 15.3. The van der Waals surface area contributed by atoms with E-state index in [4.69, 9.17) is 5.73 Å². The van der Waals surface area contributed by atoms with E-state index in [-0.39, 0.29) is 24.4 Å². The molecule has 3 rings (SSSR count). The van der Waals surface area contributed by atoms with Gasteiger partial charge in [-0.2, -0.15) is 0 Å². The van der Waals surface area contributed by atoms with Gasteiger partial charge in [-0.15, -0.1) is 12.4 Å². The zero-order valence-electron chi connectivity index (χ0n) is 14.5. The number of nitrogens with one attached hydrogen (secondary N) is 2. The smallest absolute Gasteiger partial charge is 0.237 e. The number of H-pyrrole nitrogens is 1. The molecule has 132 valence electrons. The number of nitrogens with two attached hydrogens (primary N) is 1. The van der Waals surface area contributed by atoms with Gasteiger partial charge in [0.05, 0.1) is 6.04 Å². The molecule has 1 aromatic heterocycles. The van der Waals surface area contributed by atoms with Crippen LogP contribution in [0.3, 0.4) is 0 Å². The average molecular weight is 350 g/mol. The molecule has 4 nitrogen and oxygen atoms in total. The summed E-state index contributed by atoms with van der Waals surface area (Å²) < 4.78 is 0. The fraction of sp³-hybridized carbons (Fsp3) is 0.526. The Hall–Kier alpha value is -1.52. The van der Waals surface area contributed by atoms with Crippen LogP contribution >= 0.6 is 12.4 Å². The van der Waals surface area contributed by atoms with E-state index in [1.165, 1.54) is 0 Å². The van der Waals surface area contributed by atoms with Crippen molar-refractivity contribution >= 4 is 29.2 Å². The van der Waals surface area contributed by atoms with Crippen molar-refractivity contribution in [3.05, 3.63) is 36.0 Å². The highest BCUT2D eigenvalue weighted by atomic mass is 35.5. The number of carbonyl (C=O) groups is 1. The summed E-state index contributed by atoms with van der Waals surface area (Å²) >= 11 is 0. The second-order valence-corrected chi connectivity index (χ2v) is 7.62. The monoisotopic (exact) mass is 349 g/mol. The second kappa shape index (κ2) is 7.58. The van der Waals surface area contributed by atoms with Gasteiger partial charge in [0.2, 0.25) is 5.91 Å². The van der Waals surface area contributed by atoms with Crippen molar-refractivity contribution in [2.75, 3.05) is 0 Å². The van der Waals surface area contributed by atoms with Crippen molar-refractivity contribution in [3.8, 4) is 0 Å². The van der Waals surface area contributed by atoms with Crippen molar-refractivity contribution in [2.24, 2.45) is 11.1 Å². The van der Waals surface area contributed by atoms with Gasteiger partial charge in [0.1, 0.15) is 0 Å². The van der Waals surface area contributed by atoms with E-state index >= 15 is 0 Å². The highest BCUT2D eigenvalue weighted by molar-refractivity contribution is 5.86. The average Bonchev–Trinajstić information content (AvgIpc) is 2.92. The summed E-state index contributed by atoms with van der Waals surface area (Å²) in [7, 11) is 0. The lowest BCUT2D eigenvalue weighted by atomic mass is 9.75. The van der Waals surface area contributed by atoms with Crippen LogP contribution < -0.4 is 11.1 Å². The van der Waals surface area contributed by atoms with Crippen LogP contribution in [0.2, 0.25) is 0 Å². The molecular weight excluding hydrogens is 322 g/mol. The predicted molar refractivity (Wildman–Crippen MR) is 101 cm³/mol. The minimum Gasteiger partial charge on any atom is -0.361 e. The van der Waals surface area contributed by atoms with E-state index in [0.717, 1.165) is 42.1 Å². The number of hydrogen-bond acceptors (Lipinski definition) is 2. The van der Waals surface area contributed by atoms with Crippen molar-refractivity contribution < 1.29 is 4.79 Å². The number of hydrogen-bond donors (Lipinski definition) is 3. The van der Waals surface area contributed by atoms with E-state index in [9.17, 15) is 4.79 Å². The number of rotatable bonds is 4. The summed E-state index contributed by atoms with van der Waals surface area (Å²) in [6.45, 7) is 4.60. The standard InChI is InChI=1S/C19H27N3O.ClH/c1-19(2)9-7-14(8-10-19)22-18(23)16(20)11-13-12-21-17-6-4-3-5-15(13)17;/h3-6,12,14,16,21H,7-11,20H2,1-2H3,(H,22,23);1H/t16-;/m0./s1. The van der Waals surface area contributed by atoms with Crippen LogP contribution in [-0.2, 0) is 11.2 Å². The van der Waals surface area contributed by atoms with Crippen LogP contribution in [0.4, 0.5) is 0 Å². The minimum atomic E-state index is -0.496. The molecule has 1 aliphatic carbocycles. The molecule has 0 aliphatic heterocycles. The van der Waals surface area contributed by atoms with Crippen LogP contribution in [-0.4, -0.2) is 23.0 Å². The molecular formula is C19H28ClN3O. The Balaban J connectivity index is 0.00000208. The SMILES string of the molecule is CC1(C)CCC(NC(=O)[C@@H](N)Cc2c[nH]c3ccccc23)CC1.Cl. The number of aromatic amines is 1. The Morgan fingerprint density at radius 3 is 2.71 bits per heavy atom. The maximum atomic E-state index is 12.4. The van der Waals surface area contributed by atoms with Gasteiger partial charge >= 0.3 is 0 Å². The zero-order chi connectivity index (χ0) is 16.4.